The summed E-state index contributed by atoms with van der Waals surface area (Å²) in [5, 5.41) is 2.29. The largest absolute Gasteiger partial charge is 0.481 e. The van der Waals surface area contributed by atoms with E-state index in [2.05, 4.69) is 10.3 Å². The molecule has 0 bridgehead atoms. The normalized spacial score (nSPS) is 18.6. The number of ether oxygens (including phenoxy) is 1. The van der Waals surface area contributed by atoms with Crippen molar-refractivity contribution in [1.29, 1.82) is 0 Å². The number of fused-ring (bicyclic) bond motifs is 1. The van der Waals surface area contributed by atoms with Gasteiger partial charge in [-0.15, -0.1) is 0 Å². The lowest BCUT2D eigenvalue weighted by molar-refractivity contribution is -0.130. The van der Waals surface area contributed by atoms with E-state index in [-0.39, 0.29) is 31.0 Å². The molecule has 1 amide bonds. The highest BCUT2D eigenvalue weighted by Crippen LogP contribution is 2.39. The standard InChI is InChI=1S/C25H21F6N3O3/c26-16-12-15(7-8-18(16)36-20-6-3-10-24(20,27)28)32-22(35)21-19(13-25(29,30)31)37-23(33-21)34-11-9-14-4-1-2-5-17(14)34/h1-2,4-5,7-8,12,20H,3,6,9-11,13H2,(H,32,35). The number of nitrogens with zero attached hydrogens (tertiary/aromatic N) is 2. The van der Waals surface area contributed by atoms with Gasteiger partial charge in [-0.3, -0.25) is 9.69 Å². The molecule has 2 heterocycles. The van der Waals surface area contributed by atoms with E-state index in [1.54, 1.807) is 17.0 Å². The van der Waals surface area contributed by atoms with E-state index >= 15 is 0 Å². The van der Waals surface area contributed by atoms with Crippen molar-refractivity contribution >= 4 is 23.3 Å². The third-order valence-electron chi connectivity index (χ3n) is 6.29. The first-order chi connectivity index (χ1) is 17.5. The molecule has 1 fully saturated rings. The van der Waals surface area contributed by atoms with Crippen LogP contribution in [0.2, 0.25) is 0 Å². The molecule has 1 unspecified atom stereocenters. The first-order valence-electron chi connectivity index (χ1n) is 11.6. The number of anilines is 3. The maximum Gasteiger partial charge on any atom is 0.396 e. The Hall–Kier alpha value is -3.70. The average molecular weight is 525 g/mol. The van der Waals surface area contributed by atoms with Gasteiger partial charge in [0.05, 0.1) is 0 Å². The predicted molar refractivity (Wildman–Crippen MR) is 121 cm³/mol. The highest BCUT2D eigenvalue weighted by atomic mass is 19.4. The number of aromatic nitrogens is 1. The van der Waals surface area contributed by atoms with Gasteiger partial charge >= 0.3 is 12.2 Å². The van der Waals surface area contributed by atoms with Gasteiger partial charge in [-0.05, 0) is 43.0 Å². The van der Waals surface area contributed by atoms with Crippen molar-refractivity contribution < 1.29 is 40.3 Å². The summed E-state index contributed by atoms with van der Waals surface area (Å²) in [5.41, 5.74) is 0.946. The number of carbonyl (C=O) groups excluding carboxylic acids is 1. The van der Waals surface area contributed by atoms with Crippen molar-refractivity contribution in [2.45, 2.75) is 50.3 Å². The summed E-state index contributed by atoms with van der Waals surface area (Å²) in [6, 6.07) is 10.2. The second-order valence-corrected chi connectivity index (χ2v) is 8.95. The number of hydrogen-bond donors (Lipinski definition) is 1. The van der Waals surface area contributed by atoms with Gasteiger partial charge in [-0.1, -0.05) is 18.2 Å². The molecule has 0 saturated heterocycles. The summed E-state index contributed by atoms with van der Waals surface area (Å²) in [6.45, 7) is 0.402. The Morgan fingerprint density at radius 3 is 2.70 bits per heavy atom. The fourth-order valence-electron chi connectivity index (χ4n) is 4.53. The van der Waals surface area contributed by atoms with E-state index in [1.807, 2.05) is 12.1 Å². The summed E-state index contributed by atoms with van der Waals surface area (Å²) in [5.74, 6) is -6.23. The molecule has 1 atom stereocenters. The number of nitrogens with one attached hydrogen (secondary N) is 1. The van der Waals surface area contributed by atoms with Gasteiger partial charge in [0, 0.05) is 30.4 Å². The summed E-state index contributed by atoms with van der Waals surface area (Å²) in [6.07, 6.45) is -7.08. The van der Waals surface area contributed by atoms with Gasteiger partial charge in [0.2, 0.25) is 0 Å². The van der Waals surface area contributed by atoms with Crippen LogP contribution in [0.1, 0.15) is 41.1 Å². The van der Waals surface area contributed by atoms with Crippen molar-refractivity contribution in [1.82, 2.24) is 4.98 Å². The lowest BCUT2D eigenvalue weighted by Gasteiger charge is -2.21. The number of alkyl halides is 5. The van der Waals surface area contributed by atoms with Crippen LogP contribution in [0.4, 0.5) is 43.7 Å². The minimum atomic E-state index is -4.68. The number of carbonyl (C=O) groups is 1. The number of halogens is 6. The first kappa shape index (κ1) is 25.0. The highest BCUT2D eigenvalue weighted by molar-refractivity contribution is 6.04. The lowest BCUT2D eigenvalue weighted by Crippen LogP contribution is -2.32. The second kappa shape index (κ2) is 9.31. The molecule has 37 heavy (non-hydrogen) atoms. The monoisotopic (exact) mass is 525 g/mol. The molecule has 1 saturated carbocycles. The SMILES string of the molecule is O=C(Nc1ccc(OC2CCCC2(F)F)c(F)c1)c1nc(N2CCc3ccccc32)oc1CC(F)(F)F. The van der Waals surface area contributed by atoms with Crippen LogP contribution in [0.15, 0.2) is 46.9 Å². The van der Waals surface area contributed by atoms with Crippen molar-refractivity contribution in [2.24, 2.45) is 0 Å². The number of benzene rings is 2. The average Bonchev–Trinajstić information content (AvgIpc) is 3.51. The van der Waals surface area contributed by atoms with E-state index in [9.17, 15) is 31.1 Å². The van der Waals surface area contributed by atoms with Crippen molar-refractivity contribution in [3.8, 4) is 5.75 Å². The van der Waals surface area contributed by atoms with E-state index in [0.717, 1.165) is 17.7 Å². The molecular weight excluding hydrogens is 504 g/mol. The molecular formula is C25H21F6N3O3. The van der Waals surface area contributed by atoms with Crippen molar-refractivity contribution in [3.63, 3.8) is 0 Å². The van der Waals surface area contributed by atoms with Crippen LogP contribution in [0.25, 0.3) is 0 Å². The zero-order valence-corrected chi connectivity index (χ0v) is 19.2. The Kier molecular flexibility index (Phi) is 6.28. The first-order valence-corrected chi connectivity index (χ1v) is 11.6. The smallest absolute Gasteiger partial charge is 0.396 e. The van der Waals surface area contributed by atoms with Crippen molar-refractivity contribution in [3.05, 3.63) is 65.3 Å². The zero-order chi connectivity index (χ0) is 26.4. The van der Waals surface area contributed by atoms with Crippen molar-refractivity contribution in [2.75, 3.05) is 16.8 Å². The van der Waals surface area contributed by atoms with Crippen LogP contribution in [0, 0.1) is 5.82 Å². The van der Waals surface area contributed by atoms with Crippen LogP contribution < -0.4 is 15.0 Å². The molecule has 12 heteroatoms. The molecule has 196 valence electrons. The summed E-state index contributed by atoms with van der Waals surface area (Å²) < 4.78 is 92.3. The second-order valence-electron chi connectivity index (χ2n) is 8.95. The quantitative estimate of drug-likeness (QED) is 0.376. The number of oxazole rings is 1. The van der Waals surface area contributed by atoms with Gasteiger partial charge in [0.1, 0.15) is 12.2 Å². The van der Waals surface area contributed by atoms with Gasteiger partial charge in [-0.25, -0.2) is 13.2 Å². The third-order valence-corrected chi connectivity index (χ3v) is 6.29. The van der Waals surface area contributed by atoms with Crippen LogP contribution in [-0.4, -0.2) is 35.6 Å². The Labute approximate surface area is 207 Å². The predicted octanol–water partition coefficient (Wildman–Crippen LogP) is 6.43. The van der Waals surface area contributed by atoms with Crippen LogP contribution >= 0.6 is 0 Å². The molecule has 2 aromatic carbocycles. The minimum Gasteiger partial charge on any atom is -0.481 e. The van der Waals surface area contributed by atoms with E-state index in [4.69, 9.17) is 9.15 Å². The molecule has 1 aliphatic heterocycles. The minimum absolute atomic E-state index is 0.0723. The van der Waals surface area contributed by atoms with Gasteiger partial charge < -0.3 is 14.5 Å². The molecule has 0 spiro atoms. The van der Waals surface area contributed by atoms with Gasteiger partial charge in [0.15, 0.2) is 23.4 Å². The molecule has 1 aromatic heterocycles. The fourth-order valence-corrected chi connectivity index (χ4v) is 4.53. The Morgan fingerprint density at radius 1 is 1.22 bits per heavy atom. The number of rotatable bonds is 6. The van der Waals surface area contributed by atoms with Crippen LogP contribution in [-0.2, 0) is 12.8 Å². The maximum absolute atomic E-state index is 14.5. The number of para-hydroxylation sites is 1. The third kappa shape index (κ3) is 5.23. The van der Waals surface area contributed by atoms with E-state index in [1.165, 1.54) is 6.07 Å². The number of hydrogen-bond acceptors (Lipinski definition) is 5. The molecule has 0 radical (unpaired) electrons. The maximum atomic E-state index is 14.5. The Bertz CT molecular complexity index is 1320. The van der Waals surface area contributed by atoms with E-state index < -0.39 is 53.6 Å². The number of amides is 1. The van der Waals surface area contributed by atoms with Crippen LogP contribution in [0.5, 0.6) is 5.75 Å². The molecule has 1 aliphatic carbocycles. The Balaban J connectivity index is 1.37. The highest BCUT2D eigenvalue weighted by Gasteiger charge is 2.46. The Morgan fingerprint density at radius 2 is 2.00 bits per heavy atom. The lowest BCUT2D eigenvalue weighted by atomic mass is 10.2. The molecule has 3 aromatic rings. The summed E-state index contributed by atoms with van der Waals surface area (Å²) in [7, 11) is 0. The van der Waals surface area contributed by atoms with Gasteiger partial charge in [0.25, 0.3) is 11.8 Å². The van der Waals surface area contributed by atoms with Crippen LogP contribution in [0.3, 0.4) is 0 Å². The molecule has 2 aliphatic rings. The summed E-state index contributed by atoms with van der Waals surface area (Å²) >= 11 is 0. The molecule has 1 N–H and O–H groups in total. The zero-order valence-electron chi connectivity index (χ0n) is 19.2. The fraction of sp³-hybridized carbons (Fsp3) is 0.360. The topological polar surface area (TPSA) is 67.6 Å². The summed E-state index contributed by atoms with van der Waals surface area (Å²) in [4.78, 5) is 18.5. The van der Waals surface area contributed by atoms with Gasteiger partial charge in [-0.2, -0.15) is 18.2 Å². The molecule has 6 nitrogen and oxygen atoms in total. The molecule has 5 rings (SSSR count). The van der Waals surface area contributed by atoms with E-state index in [0.29, 0.717) is 18.7 Å².